The SMILES string of the molecule is CC(=O)Nc1cccc(Nc2cnc(C(=O)Nc3ccc(N(C)C)cc3)cn2)c1. The van der Waals surface area contributed by atoms with Gasteiger partial charge in [-0.05, 0) is 42.5 Å². The fourth-order valence-corrected chi connectivity index (χ4v) is 2.57. The monoisotopic (exact) mass is 390 g/mol. The van der Waals surface area contributed by atoms with Gasteiger partial charge in [-0.3, -0.25) is 9.59 Å². The van der Waals surface area contributed by atoms with Crippen LogP contribution in [-0.4, -0.2) is 35.9 Å². The summed E-state index contributed by atoms with van der Waals surface area (Å²) in [7, 11) is 3.91. The summed E-state index contributed by atoms with van der Waals surface area (Å²) in [4.78, 5) is 33.9. The molecule has 0 saturated carbocycles. The molecule has 0 bridgehead atoms. The maximum atomic E-state index is 12.4. The zero-order valence-corrected chi connectivity index (χ0v) is 16.4. The molecule has 0 aliphatic rings. The van der Waals surface area contributed by atoms with Crippen molar-refractivity contribution in [3.8, 4) is 0 Å². The molecular formula is C21H22N6O2. The molecule has 1 aromatic heterocycles. The number of nitrogens with one attached hydrogen (secondary N) is 3. The van der Waals surface area contributed by atoms with Crippen LogP contribution in [0.15, 0.2) is 60.9 Å². The summed E-state index contributed by atoms with van der Waals surface area (Å²) in [5.74, 6) is -0.000157. The fourth-order valence-electron chi connectivity index (χ4n) is 2.57. The van der Waals surface area contributed by atoms with Crippen LogP contribution in [0.2, 0.25) is 0 Å². The highest BCUT2D eigenvalue weighted by atomic mass is 16.2. The third-order valence-corrected chi connectivity index (χ3v) is 3.98. The van der Waals surface area contributed by atoms with Crippen LogP contribution in [0.3, 0.4) is 0 Å². The van der Waals surface area contributed by atoms with E-state index in [9.17, 15) is 9.59 Å². The number of benzene rings is 2. The first kappa shape index (κ1) is 19.8. The van der Waals surface area contributed by atoms with Gasteiger partial charge in [-0.1, -0.05) is 6.07 Å². The van der Waals surface area contributed by atoms with Crippen molar-refractivity contribution >= 4 is 40.4 Å². The molecule has 148 valence electrons. The van der Waals surface area contributed by atoms with Crippen molar-refractivity contribution < 1.29 is 9.59 Å². The predicted octanol–water partition coefficient (Wildman–Crippen LogP) is 3.50. The van der Waals surface area contributed by atoms with E-state index in [1.54, 1.807) is 12.1 Å². The molecule has 0 saturated heterocycles. The van der Waals surface area contributed by atoms with Gasteiger partial charge in [0.2, 0.25) is 5.91 Å². The maximum absolute atomic E-state index is 12.4. The van der Waals surface area contributed by atoms with Crippen molar-refractivity contribution in [3.05, 3.63) is 66.6 Å². The van der Waals surface area contributed by atoms with Gasteiger partial charge in [0.15, 0.2) is 0 Å². The molecule has 3 aromatic rings. The van der Waals surface area contributed by atoms with Crippen LogP contribution in [0.1, 0.15) is 17.4 Å². The van der Waals surface area contributed by atoms with E-state index in [1.807, 2.05) is 55.4 Å². The minimum Gasteiger partial charge on any atom is -0.378 e. The van der Waals surface area contributed by atoms with Gasteiger partial charge < -0.3 is 20.9 Å². The molecule has 0 radical (unpaired) electrons. The van der Waals surface area contributed by atoms with Gasteiger partial charge in [0.25, 0.3) is 5.91 Å². The quantitative estimate of drug-likeness (QED) is 0.596. The Morgan fingerprint density at radius 3 is 2.21 bits per heavy atom. The third-order valence-electron chi connectivity index (χ3n) is 3.98. The molecule has 0 aliphatic carbocycles. The lowest BCUT2D eigenvalue weighted by Crippen LogP contribution is -2.14. The largest absolute Gasteiger partial charge is 0.378 e. The van der Waals surface area contributed by atoms with E-state index in [0.29, 0.717) is 17.2 Å². The predicted molar refractivity (Wildman–Crippen MR) is 115 cm³/mol. The third kappa shape index (κ3) is 5.52. The first-order chi connectivity index (χ1) is 13.9. The summed E-state index contributed by atoms with van der Waals surface area (Å²) in [5.41, 5.74) is 3.34. The van der Waals surface area contributed by atoms with Gasteiger partial charge in [-0.15, -0.1) is 0 Å². The van der Waals surface area contributed by atoms with Crippen LogP contribution in [0.5, 0.6) is 0 Å². The summed E-state index contributed by atoms with van der Waals surface area (Å²) < 4.78 is 0. The number of nitrogens with zero attached hydrogens (tertiary/aromatic N) is 3. The van der Waals surface area contributed by atoms with Crippen molar-refractivity contribution in [2.75, 3.05) is 34.9 Å². The molecule has 8 heteroatoms. The van der Waals surface area contributed by atoms with Crippen molar-refractivity contribution in [1.82, 2.24) is 9.97 Å². The Morgan fingerprint density at radius 1 is 0.862 bits per heavy atom. The highest BCUT2D eigenvalue weighted by Crippen LogP contribution is 2.19. The fraction of sp³-hybridized carbons (Fsp3) is 0.143. The van der Waals surface area contributed by atoms with E-state index in [1.165, 1.54) is 19.3 Å². The van der Waals surface area contributed by atoms with Gasteiger partial charge in [0.05, 0.1) is 12.4 Å². The second kappa shape index (κ2) is 8.83. The van der Waals surface area contributed by atoms with Crippen molar-refractivity contribution in [3.63, 3.8) is 0 Å². The number of carbonyl (C=O) groups is 2. The number of rotatable bonds is 6. The van der Waals surface area contributed by atoms with E-state index < -0.39 is 0 Å². The Kier molecular flexibility index (Phi) is 6.03. The van der Waals surface area contributed by atoms with Gasteiger partial charge in [-0.25, -0.2) is 9.97 Å². The van der Waals surface area contributed by atoms with Crippen molar-refractivity contribution in [2.24, 2.45) is 0 Å². The van der Waals surface area contributed by atoms with E-state index >= 15 is 0 Å². The Balaban J connectivity index is 1.63. The standard InChI is InChI=1S/C21H22N6O2/c1-14(28)24-16-5-4-6-17(11-16)25-20-13-22-19(12-23-20)21(29)26-15-7-9-18(10-8-15)27(2)3/h4-13H,1-3H3,(H,23,25)(H,24,28)(H,26,29). The highest BCUT2D eigenvalue weighted by molar-refractivity contribution is 6.02. The Hall–Kier alpha value is -3.94. The van der Waals surface area contributed by atoms with Gasteiger partial charge >= 0.3 is 0 Å². The maximum Gasteiger partial charge on any atom is 0.275 e. The Labute approximate surface area is 169 Å². The van der Waals surface area contributed by atoms with Crippen LogP contribution >= 0.6 is 0 Å². The summed E-state index contributed by atoms with van der Waals surface area (Å²) in [6.45, 7) is 1.45. The van der Waals surface area contributed by atoms with Crippen LogP contribution in [0, 0.1) is 0 Å². The van der Waals surface area contributed by atoms with Gasteiger partial charge in [0, 0.05) is 43.8 Å². The lowest BCUT2D eigenvalue weighted by molar-refractivity contribution is -0.114. The van der Waals surface area contributed by atoms with Crippen molar-refractivity contribution in [2.45, 2.75) is 6.92 Å². The molecule has 0 unspecified atom stereocenters. The normalized spacial score (nSPS) is 10.2. The lowest BCUT2D eigenvalue weighted by atomic mass is 10.2. The number of anilines is 5. The first-order valence-corrected chi connectivity index (χ1v) is 8.96. The molecule has 8 nitrogen and oxygen atoms in total. The molecule has 29 heavy (non-hydrogen) atoms. The van der Waals surface area contributed by atoms with E-state index in [-0.39, 0.29) is 17.5 Å². The number of amides is 2. The molecule has 3 rings (SSSR count). The lowest BCUT2D eigenvalue weighted by Gasteiger charge is -2.13. The average Bonchev–Trinajstić information content (AvgIpc) is 2.68. The van der Waals surface area contributed by atoms with Crippen LogP contribution in [0.4, 0.5) is 28.6 Å². The second-order valence-electron chi connectivity index (χ2n) is 6.57. The summed E-state index contributed by atoms with van der Waals surface area (Å²) >= 11 is 0. The van der Waals surface area contributed by atoms with Gasteiger partial charge in [-0.2, -0.15) is 0 Å². The number of aromatic nitrogens is 2. The first-order valence-electron chi connectivity index (χ1n) is 8.96. The summed E-state index contributed by atoms with van der Waals surface area (Å²) in [6, 6.07) is 14.7. The van der Waals surface area contributed by atoms with E-state index in [0.717, 1.165) is 11.4 Å². The molecule has 3 N–H and O–H groups in total. The average molecular weight is 390 g/mol. The summed E-state index contributed by atoms with van der Waals surface area (Å²) in [6.07, 6.45) is 2.89. The molecule has 2 aromatic carbocycles. The topological polar surface area (TPSA) is 99.2 Å². The van der Waals surface area contributed by atoms with E-state index in [4.69, 9.17) is 0 Å². The molecule has 0 spiro atoms. The number of carbonyl (C=O) groups excluding carboxylic acids is 2. The Bertz CT molecular complexity index is 1000. The molecule has 0 fully saturated rings. The van der Waals surface area contributed by atoms with E-state index in [2.05, 4.69) is 25.9 Å². The highest BCUT2D eigenvalue weighted by Gasteiger charge is 2.09. The molecule has 0 aliphatic heterocycles. The molecule has 1 heterocycles. The van der Waals surface area contributed by atoms with Crippen molar-refractivity contribution in [1.29, 1.82) is 0 Å². The minimum atomic E-state index is -0.339. The minimum absolute atomic E-state index is 0.145. The van der Waals surface area contributed by atoms with Gasteiger partial charge in [0.1, 0.15) is 11.5 Å². The molecule has 2 amide bonds. The zero-order valence-electron chi connectivity index (χ0n) is 16.4. The summed E-state index contributed by atoms with van der Waals surface area (Å²) in [5, 5.41) is 8.60. The Morgan fingerprint density at radius 2 is 1.59 bits per heavy atom. The van der Waals surface area contributed by atoms with Crippen LogP contribution in [-0.2, 0) is 4.79 Å². The number of hydrogen-bond donors (Lipinski definition) is 3. The number of hydrogen-bond acceptors (Lipinski definition) is 6. The molecule has 0 atom stereocenters. The smallest absolute Gasteiger partial charge is 0.275 e. The second-order valence-corrected chi connectivity index (χ2v) is 6.57. The molecular weight excluding hydrogens is 368 g/mol. The van der Waals surface area contributed by atoms with Crippen LogP contribution in [0.25, 0.3) is 0 Å². The van der Waals surface area contributed by atoms with Crippen LogP contribution < -0.4 is 20.9 Å². The zero-order chi connectivity index (χ0) is 20.8.